The number of nitrogens with one attached hydrogen (secondary N) is 1. The molecule has 1 aromatic rings. The minimum Gasteiger partial charge on any atom is -0.311 e. The maximum atomic E-state index is 4.54. The number of hydrogen-bond donors (Lipinski definition) is 1. The van der Waals surface area contributed by atoms with Gasteiger partial charge in [-0.25, -0.2) is 4.98 Å². The number of thiazole rings is 1. The van der Waals surface area contributed by atoms with E-state index in [9.17, 15) is 0 Å². The Morgan fingerprint density at radius 1 is 1.50 bits per heavy atom. The molecule has 102 valence electrons. The number of rotatable bonds is 4. The Morgan fingerprint density at radius 3 is 3.00 bits per heavy atom. The fourth-order valence-electron chi connectivity index (χ4n) is 2.38. The van der Waals surface area contributed by atoms with Crippen molar-refractivity contribution in [3.8, 4) is 0 Å². The van der Waals surface area contributed by atoms with Crippen LogP contribution in [0.25, 0.3) is 0 Å². The van der Waals surface area contributed by atoms with Crippen LogP contribution >= 0.6 is 11.3 Å². The summed E-state index contributed by atoms with van der Waals surface area (Å²) in [4.78, 5) is 8.51. The van der Waals surface area contributed by atoms with E-state index in [0.29, 0.717) is 18.0 Å². The maximum absolute atomic E-state index is 4.54. The lowest BCUT2D eigenvalue weighted by Crippen LogP contribution is -2.53. The van der Waals surface area contributed by atoms with E-state index in [1.807, 2.05) is 11.3 Å². The van der Waals surface area contributed by atoms with E-state index >= 15 is 0 Å². The van der Waals surface area contributed by atoms with E-state index in [0.717, 1.165) is 26.1 Å². The van der Waals surface area contributed by atoms with Gasteiger partial charge in [-0.2, -0.15) is 0 Å². The van der Waals surface area contributed by atoms with Crippen LogP contribution in [0.15, 0.2) is 6.20 Å². The van der Waals surface area contributed by atoms with Gasteiger partial charge in [-0.15, -0.1) is 11.3 Å². The first-order chi connectivity index (χ1) is 8.54. The second kappa shape index (κ2) is 6.13. The summed E-state index contributed by atoms with van der Waals surface area (Å²) >= 11 is 1.88. The summed E-state index contributed by atoms with van der Waals surface area (Å²) in [7, 11) is 0. The molecule has 1 aliphatic heterocycles. The van der Waals surface area contributed by atoms with Crippen LogP contribution in [-0.2, 0) is 13.0 Å². The Morgan fingerprint density at radius 2 is 2.28 bits per heavy atom. The third-order valence-corrected chi connectivity index (χ3v) is 4.44. The lowest BCUT2D eigenvalue weighted by Gasteiger charge is -2.37. The molecule has 0 radical (unpaired) electrons. The Balaban J connectivity index is 1.93. The molecular formula is C14H25N3S. The summed E-state index contributed by atoms with van der Waals surface area (Å²) in [5, 5.41) is 4.81. The molecule has 2 heterocycles. The fraction of sp³-hybridized carbons (Fsp3) is 0.786. The highest BCUT2D eigenvalue weighted by Crippen LogP contribution is 2.20. The summed E-state index contributed by atoms with van der Waals surface area (Å²) in [5.41, 5.74) is 0. The van der Waals surface area contributed by atoms with Crippen LogP contribution in [0.4, 0.5) is 0 Å². The number of piperazine rings is 1. The first kappa shape index (κ1) is 14.0. The quantitative estimate of drug-likeness (QED) is 0.908. The van der Waals surface area contributed by atoms with Gasteiger partial charge >= 0.3 is 0 Å². The zero-order chi connectivity index (χ0) is 13.1. The highest BCUT2D eigenvalue weighted by atomic mass is 32.1. The van der Waals surface area contributed by atoms with Gasteiger partial charge in [0.2, 0.25) is 0 Å². The third kappa shape index (κ3) is 3.77. The second-order valence-corrected chi connectivity index (χ2v) is 7.11. The highest BCUT2D eigenvalue weighted by Gasteiger charge is 2.22. The van der Waals surface area contributed by atoms with Crippen molar-refractivity contribution in [2.75, 3.05) is 13.1 Å². The Bertz CT molecular complexity index is 375. The summed E-state index contributed by atoms with van der Waals surface area (Å²) in [6, 6.07) is 1.22. The molecular weight excluding hydrogens is 242 g/mol. The summed E-state index contributed by atoms with van der Waals surface area (Å²) < 4.78 is 0. The normalized spacial score (nSPS) is 25.8. The first-order valence-corrected chi connectivity index (χ1v) is 7.77. The van der Waals surface area contributed by atoms with Gasteiger partial charge < -0.3 is 5.32 Å². The predicted molar refractivity (Wildman–Crippen MR) is 78.0 cm³/mol. The molecule has 0 aliphatic carbocycles. The van der Waals surface area contributed by atoms with Crippen molar-refractivity contribution in [1.29, 1.82) is 0 Å². The van der Waals surface area contributed by atoms with Gasteiger partial charge in [-0.3, -0.25) is 4.90 Å². The van der Waals surface area contributed by atoms with Crippen molar-refractivity contribution in [2.24, 2.45) is 5.92 Å². The van der Waals surface area contributed by atoms with Gasteiger partial charge in [0.05, 0.1) is 5.01 Å². The molecule has 1 fully saturated rings. The average molecular weight is 267 g/mol. The fourth-order valence-corrected chi connectivity index (χ4v) is 3.54. The van der Waals surface area contributed by atoms with Gasteiger partial charge in [-0.1, -0.05) is 13.8 Å². The molecule has 4 heteroatoms. The Labute approximate surface area is 115 Å². The van der Waals surface area contributed by atoms with Crippen LogP contribution in [0.2, 0.25) is 0 Å². The van der Waals surface area contributed by atoms with Crippen molar-refractivity contribution in [3.63, 3.8) is 0 Å². The Hall–Kier alpha value is -0.450. The molecule has 1 aromatic heterocycles. The van der Waals surface area contributed by atoms with E-state index in [4.69, 9.17) is 0 Å². The molecule has 1 saturated heterocycles. The minimum absolute atomic E-state index is 0.601. The molecule has 0 bridgehead atoms. The third-order valence-electron chi connectivity index (χ3n) is 3.44. The van der Waals surface area contributed by atoms with Gasteiger partial charge in [0.1, 0.15) is 0 Å². The molecule has 2 rings (SSSR count). The molecule has 2 unspecified atom stereocenters. The van der Waals surface area contributed by atoms with Gasteiger partial charge in [-0.05, 0) is 19.8 Å². The average Bonchev–Trinajstić information content (AvgIpc) is 2.70. The van der Waals surface area contributed by atoms with Crippen LogP contribution in [0.5, 0.6) is 0 Å². The number of aromatic nitrogens is 1. The largest absolute Gasteiger partial charge is 0.311 e. The lowest BCUT2D eigenvalue weighted by atomic mass is 10.1. The van der Waals surface area contributed by atoms with Gasteiger partial charge in [0, 0.05) is 49.2 Å². The maximum Gasteiger partial charge on any atom is 0.0930 e. The molecule has 1 N–H and O–H groups in total. The van der Waals surface area contributed by atoms with Crippen LogP contribution < -0.4 is 5.32 Å². The number of nitrogens with zero attached hydrogens (tertiary/aromatic N) is 2. The zero-order valence-electron chi connectivity index (χ0n) is 11.9. The summed E-state index contributed by atoms with van der Waals surface area (Å²) in [5.74, 6) is 0.696. The molecule has 0 aromatic carbocycles. The molecule has 2 atom stereocenters. The SMILES string of the molecule is CC(C)Cc1ncc(CN2CC(C)NCC2C)s1. The van der Waals surface area contributed by atoms with E-state index in [2.05, 4.69) is 49.1 Å². The van der Waals surface area contributed by atoms with Crippen molar-refractivity contribution in [2.45, 2.75) is 52.7 Å². The van der Waals surface area contributed by atoms with E-state index in [1.165, 1.54) is 9.88 Å². The summed E-state index contributed by atoms with van der Waals surface area (Å²) in [6.07, 6.45) is 3.18. The van der Waals surface area contributed by atoms with Gasteiger partial charge in [0.25, 0.3) is 0 Å². The molecule has 0 amide bonds. The first-order valence-electron chi connectivity index (χ1n) is 6.95. The van der Waals surface area contributed by atoms with Crippen LogP contribution in [0.1, 0.15) is 37.6 Å². The van der Waals surface area contributed by atoms with Crippen LogP contribution in [0, 0.1) is 5.92 Å². The van der Waals surface area contributed by atoms with Crippen molar-refractivity contribution in [1.82, 2.24) is 15.2 Å². The van der Waals surface area contributed by atoms with E-state index in [1.54, 1.807) is 0 Å². The molecule has 0 saturated carbocycles. The lowest BCUT2D eigenvalue weighted by molar-refractivity contribution is 0.140. The van der Waals surface area contributed by atoms with E-state index < -0.39 is 0 Å². The number of hydrogen-bond acceptors (Lipinski definition) is 4. The summed E-state index contributed by atoms with van der Waals surface area (Å²) in [6.45, 7) is 12.4. The van der Waals surface area contributed by atoms with Gasteiger partial charge in [0.15, 0.2) is 0 Å². The second-order valence-electron chi connectivity index (χ2n) is 5.91. The highest BCUT2D eigenvalue weighted by molar-refractivity contribution is 7.11. The van der Waals surface area contributed by atoms with Crippen LogP contribution in [0.3, 0.4) is 0 Å². The molecule has 18 heavy (non-hydrogen) atoms. The Kier molecular flexibility index (Phi) is 4.76. The smallest absolute Gasteiger partial charge is 0.0930 e. The topological polar surface area (TPSA) is 28.2 Å². The molecule has 1 aliphatic rings. The minimum atomic E-state index is 0.601. The van der Waals surface area contributed by atoms with Crippen molar-refractivity contribution >= 4 is 11.3 Å². The zero-order valence-corrected chi connectivity index (χ0v) is 12.8. The molecule has 0 spiro atoms. The van der Waals surface area contributed by atoms with Crippen LogP contribution in [-0.4, -0.2) is 35.1 Å². The van der Waals surface area contributed by atoms with Crippen molar-refractivity contribution in [3.05, 3.63) is 16.1 Å². The van der Waals surface area contributed by atoms with Crippen molar-refractivity contribution < 1.29 is 0 Å². The standard InChI is InChI=1S/C14H25N3S/c1-10(2)5-14-16-7-13(18-14)9-17-8-11(3)15-6-12(17)4/h7,10-12,15H,5-6,8-9H2,1-4H3. The predicted octanol–water partition coefficient (Wildman–Crippen LogP) is 2.52. The van der Waals surface area contributed by atoms with E-state index in [-0.39, 0.29) is 0 Å². The monoisotopic (exact) mass is 267 g/mol. The molecule has 3 nitrogen and oxygen atoms in total.